The molecular formula is C17H22N4O5. The topological polar surface area (TPSA) is 100 Å². The Balaban J connectivity index is 1.70. The normalized spacial score (nSPS) is 23.7. The van der Waals surface area contributed by atoms with Crippen molar-refractivity contribution in [1.82, 2.24) is 20.7 Å². The summed E-state index contributed by atoms with van der Waals surface area (Å²) < 4.78 is 10.4. The first-order chi connectivity index (χ1) is 12.4. The summed E-state index contributed by atoms with van der Waals surface area (Å²) in [6.45, 7) is 4.07. The number of hydrogen-bond donors (Lipinski definition) is 2. The van der Waals surface area contributed by atoms with Crippen LogP contribution in [0, 0.1) is 0 Å². The molecule has 4 amide bonds. The third-order valence-electron chi connectivity index (χ3n) is 4.55. The lowest BCUT2D eigenvalue weighted by molar-refractivity contribution is -0.139. The van der Waals surface area contributed by atoms with Crippen LogP contribution in [-0.2, 0) is 19.9 Å². The lowest BCUT2D eigenvalue weighted by Crippen LogP contribution is -2.51. The Morgan fingerprint density at radius 3 is 2.77 bits per heavy atom. The van der Waals surface area contributed by atoms with Gasteiger partial charge >= 0.3 is 6.03 Å². The molecule has 1 atom stereocenters. The van der Waals surface area contributed by atoms with Crippen LogP contribution in [0.15, 0.2) is 24.3 Å². The first-order valence-corrected chi connectivity index (χ1v) is 8.35. The number of carbonyl (C=O) groups excluding carboxylic acids is 3. The maximum atomic E-state index is 12.8. The predicted molar refractivity (Wildman–Crippen MR) is 91.1 cm³/mol. The summed E-state index contributed by atoms with van der Waals surface area (Å²) >= 11 is 0. The van der Waals surface area contributed by atoms with Crippen molar-refractivity contribution >= 4 is 17.8 Å². The molecule has 0 unspecified atom stereocenters. The highest BCUT2D eigenvalue weighted by Gasteiger charge is 2.50. The Hall–Kier alpha value is -2.65. The van der Waals surface area contributed by atoms with Crippen molar-refractivity contribution in [2.75, 3.05) is 40.0 Å². The smallest absolute Gasteiger partial charge is 0.344 e. The van der Waals surface area contributed by atoms with Gasteiger partial charge in [0.1, 0.15) is 11.3 Å². The van der Waals surface area contributed by atoms with Crippen molar-refractivity contribution in [3.05, 3.63) is 29.8 Å². The van der Waals surface area contributed by atoms with Crippen molar-refractivity contribution in [2.45, 2.75) is 12.5 Å². The second-order valence-electron chi connectivity index (χ2n) is 6.35. The lowest BCUT2D eigenvalue weighted by Gasteiger charge is -2.26. The quantitative estimate of drug-likeness (QED) is 0.705. The zero-order chi connectivity index (χ0) is 18.7. The second-order valence-corrected chi connectivity index (χ2v) is 6.35. The predicted octanol–water partition coefficient (Wildman–Crippen LogP) is -0.174. The molecule has 2 fully saturated rings. The minimum absolute atomic E-state index is 0.0935. The number of methoxy groups -OCH3 is 1. The Morgan fingerprint density at radius 1 is 1.35 bits per heavy atom. The van der Waals surface area contributed by atoms with Crippen molar-refractivity contribution in [3.8, 4) is 5.75 Å². The van der Waals surface area contributed by atoms with Crippen LogP contribution < -0.4 is 15.5 Å². The van der Waals surface area contributed by atoms with Crippen molar-refractivity contribution in [2.24, 2.45) is 0 Å². The average molecular weight is 362 g/mol. The van der Waals surface area contributed by atoms with E-state index in [2.05, 4.69) is 10.7 Å². The highest BCUT2D eigenvalue weighted by molar-refractivity contribution is 6.08. The van der Waals surface area contributed by atoms with Gasteiger partial charge in [0.25, 0.3) is 11.8 Å². The summed E-state index contributed by atoms with van der Waals surface area (Å²) in [7, 11) is 1.52. The van der Waals surface area contributed by atoms with Gasteiger partial charge in [-0.05, 0) is 24.6 Å². The molecule has 0 bridgehead atoms. The van der Waals surface area contributed by atoms with Crippen LogP contribution in [0.1, 0.15) is 12.5 Å². The van der Waals surface area contributed by atoms with Crippen LogP contribution in [-0.4, -0.2) is 67.7 Å². The van der Waals surface area contributed by atoms with Crippen LogP contribution in [0.4, 0.5) is 4.79 Å². The molecule has 0 saturated carbocycles. The Morgan fingerprint density at radius 2 is 2.08 bits per heavy atom. The maximum Gasteiger partial charge on any atom is 0.344 e. The molecule has 1 aromatic rings. The molecule has 9 nitrogen and oxygen atoms in total. The van der Waals surface area contributed by atoms with Gasteiger partial charge in [-0.1, -0.05) is 12.1 Å². The lowest BCUT2D eigenvalue weighted by atomic mass is 9.92. The number of imide groups is 1. The minimum Gasteiger partial charge on any atom is -0.497 e. The van der Waals surface area contributed by atoms with E-state index in [1.54, 1.807) is 31.2 Å². The number of carbonyl (C=O) groups is 3. The third-order valence-corrected chi connectivity index (χ3v) is 4.55. The molecule has 0 aliphatic carbocycles. The van der Waals surface area contributed by atoms with E-state index in [1.807, 2.05) is 4.90 Å². The van der Waals surface area contributed by atoms with E-state index in [1.165, 1.54) is 7.11 Å². The van der Waals surface area contributed by atoms with Gasteiger partial charge in [0.2, 0.25) is 0 Å². The van der Waals surface area contributed by atoms with Gasteiger partial charge in [0, 0.05) is 13.1 Å². The van der Waals surface area contributed by atoms with E-state index in [-0.39, 0.29) is 6.54 Å². The summed E-state index contributed by atoms with van der Waals surface area (Å²) in [5.41, 5.74) is 1.69. The van der Waals surface area contributed by atoms with E-state index >= 15 is 0 Å². The summed E-state index contributed by atoms with van der Waals surface area (Å²) in [5.74, 6) is -0.406. The molecule has 3 rings (SSSR count). The highest BCUT2D eigenvalue weighted by Crippen LogP contribution is 2.30. The van der Waals surface area contributed by atoms with Crippen molar-refractivity contribution in [1.29, 1.82) is 0 Å². The molecule has 2 heterocycles. The molecule has 1 aromatic carbocycles. The van der Waals surface area contributed by atoms with Gasteiger partial charge in [-0.3, -0.25) is 19.9 Å². The number of hydrogen-bond acceptors (Lipinski definition) is 6. The van der Waals surface area contributed by atoms with E-state index in [9.17, 15) is 14.4 Å². The average Bonchev–Trinajstić information content (AvgIpc) is 2.87. The number of nitrogens with zero attached hydrogens (tertiary/aromatic N) is 2. The molecule has 2 saturated heterocycles. The SMILES string of the molecule is COc1cccc([C@@]2(C)NC(=O)N(NC(=O)CN3CCOCC3)C2=O)c1. The fourth-order valence-electron chi connectivity index (χ4n) is 2.99. The minimum atomic E-state index is -1.28. The first-order valence-electron chi connectivity index (χ1n) is 8.35. The number of rotatable bonds is 5. The summed E-state index contributed by atoms with van der Waals surface area (Å²) in [5, 5.41) is 3.38. The number of amides is 4. The van der Waals surface area contributed by atoms with E-state index in [4.69, 9.17) is 9.47 Å². The van der Waals surface area contributed by atoms with Crippen LogP contribution in [0.25, 0.3) is 0 Å². The van der Waals surface area contributed by atoms with Crippen LogP contribution in [0.2, 0.25) is 0 Å². The summed E-state index contributed by atoms with van der Waals surface area (Å²) in [6, 6.07) is 6.21. The third kappa shape index (κ3) is 3.49. The molecule has 0 aromatic heterocycles. The first kappa shape index (κ1) is 18.2. The van der Waals surface area contributed by atoms with Gasteiger partial charge in [-0.2, -0.15) is 5.01 Å². The van der Waals surface area contributed by atoms with E-state index < -0.39 is 23.4 Å². The zero-order valence-electron chi connectivity index (χ0n) is 14.8. The number of ether oxygens (including phenoxy) is 2. The fourth-order valence-corrected chi connectivity index (χ4v) is 2.99. The van der Waals surface area contributed by atoms with E-state index in [0.29, 0.717) is 37.6 Å². The number of morpholine rings is 1. The van der Waals surface area contributed by atoms with Gasteiger partial charge in [0.15, 0.2) is 0 Å². The molecule has 0 spiro atoms. The standard InChI is InChI=1S/C17H22N4O5/c1-17(12-4-3-5-13(10-12)25-2)15(23)21(16(24)18-17)19-14(22)11-20-6-8-26-9-7-20/h3-5,10H,6-9,11H2,1-2H3,(H,18,24)(H,19,22)/t17-/m1/s1. The molecule has 2 N–H and O–H groups in total. The van der Waals surface area contributed by atoms with Crippen molar-refractivity contribution in [3.63, 3.8) is 0 Å². The Bertz CT molecular complexity index is 719. The maximum absolute atomic E-state index is 12.8. The fraction of sp³-hybridized carbons (Fsp3) is 0.471. The molecule has 9 heteroatoms. The number of urea groups is 1. The Kier molecular flexibility index (Phi) is 5.10. The summed E-state index contributed by atoms with van der Waals surface area (Å²) in [6.07, 6.45) is 0. The molecule has 2 aliphatic heterocycles. The monoisotopic (exact) mass is 362 g/mol. The van der Waals surface area contributed by atoms with Gasteiger partial charge in [-0.25, -0.2) is 4.79 Å². The van der Waals surface area contributed by atoms with E-state index in [0.717, 1.165) is 5.01 Å². The van der Waals surface area contributed by atoms with Crippen LogP contribution in [0.5, 0.6) is 5.75 Å². The number of hydrazine groups is 1. The molecule has 2 aliphatic rings. The molecule has 140 valence electrons. The van der Waals surface area contributed by atoms with Crippen LogP contribution >= 0.6 is 0 Å². The zero-order valence-corrected chi connectivity index (χ0v) is 14.8. The molecular weight excluding hydrogens is 340 g/mol. The molecule has 26 heavy (non-hydrogen) atoms. The van der Waals surface area contributed by atoms with Crippen LogP contribution in [0.3, 0.4) is 0 Å². The summed E-state index contributed by atoms with van der Waals surface area (Å²) in [4.78, 5) is 39.2. The van der Waals surface area contributed by atoms with Gasteiger partial charge in [-0.15, -0.1) is 0 Å². The largest absolute Gasteiger partial charge is 0.497 e. The van der Waals surface area contributed by atoms with Gasteiger partial charge < -0.3 is 14.8 Å². The Labute approximate surface area is 151 Å². The number of nitrogens with one attached hydrogen (secondary N) is 2. The van der Waals surface area contributed by atoms with Gasteiger partial charge in [0.05, 0.1) is 26.9 Å². The van der Waals surface area contributed by atoms with Crippen molar-refractivity contribution < 1.29 is 23.9 Å². The number of benzene rings is 1. The second kappa shape index (κ2) is 7.30. The highest BCUT2D eigenvalue weighted by atomic mass is 16.5. The molecule has 0 radical (unpaired) electrons.